The Morgan fingerprint density at radius 1 is 1.31 bits per heavy atom. The molecule has 2 aromatic heterocycles. The molecule has 6 nitrogen and oxygen atoms in total. The predicted molar refractivity (Wildman–Crippen MR) is 99.8 cm³/mol. The minimum Gasteiger partial charge on any atom is -0.351 e. The zero-order valence-electron chi connectivity index (χ0n) is 15.6. The average Bonchev–Trinajstić information content (AvgIpc) is 3.11. The van der Waals surface area contributed by atoms with Gasteiger partial charge in [-0.3, -0.25) is 14.7 Å². The number of likely N-dealkylation sites (tertiary alicyclic amines) is 1. The van der Waals surface area contributed by atoms with E-state index in [0.29, 0.717) is 12.5 Å². The molecule has 2 aromatic rings. The fourth-order valence-corrected chi connectivity index (χ4v) is 3.47. The second kappa shape index (κ2) is 8.94. The maximum Gasteiger partial charge on any atom is 0.289 e. The van der Waals surface area contributed by atoms with Gasteiger partial charge < -0.3 is 9.84 Å². The fraction of sp³-hybridized carbons (Fsp3) is 0.550. The lowest BCUT2D eigenvalue weighted by Crippen LogP contribution is -2.40. The van der Waals surface area contributed by atoms with Crippen LogP contribution in [0.3, 0.4) is 0 Å². The van der Waals surface area contributed by atoms with Gasteiger partial charge in [-0.25, -0.2) is 0 Å². The third-order valence-electron chi connectivity index (χ3n) is 4.76. The molecule has 1 amide bonds. The first-order valence-electron chi connectivity index (χ1n) is 9.51. The van der Waals surface area contributed by atoms with Gasteiger partial charge in [0.25, 0.3) is 5.91 Å². The highest BCUT2D eigenvalue weighted by molar-refractivity contribution is 5.91. The summed E-state index contributed by atoms with van der Waals surface area (Å²) < 4.78 is 5.22. The lowest BCUT2D eigenvalue weighted by molar-refractivity contribution is 0.0888. The summed E-state index contributed by atoms with van der Waals surface area (Å²) >= 11 is 0. The highest BCUT2D eigenvalue weighted by Crippen LogP contribution is 2.23. The van der Waals surface area contributed by atoms with Crippen LogP contribution < -0.4 is 5.32 Å². The van der Waals surface area contributed by atoms with Gasteiger partial charge in [-0.1, -0.05) is 31.5 Å². The monoisotopic (exact) mass is 356 g/mol. The van der Waals surface area contributed by atoms with Gasteiger partial charge in [0.05, 0.1) is 11.7 Å². The molecule has 0 unspecified atom stereocenters. The summed E-state index contributed by atoms with van der Waals surface area (Å²) in [7, 11) is 0. The van der Waals surface area contributed by atoms with E-state index in [1.165, 1.54) is 19.3 Å². The van der Waals surface area contributed by atoms with Gasteiger partial charge in [0, 0.05) is 25.0 Å². The Labute approximate surface area is 155 Å². The van der Waals surface area contributed by atoms with Crippen molar-refractivity contribution >= 4 is 5.91 Å². The van der Waals surface area contributed by atoms with Crippen molar-refractivity contribution in [3.05, 3.63) is 47.6 Å². The number of carbonyl (C=O) groups is 1. The van der Waals surface area contributed by atoms with Crippen LogP contribution in [-0.4, -0.2) is 40.6 Å². The number of piperidine rings is 1. The molecule has 3 rings (SSSR count). The summed E-state index contributed by atoms with van der Waals surface area (Å²) in [6, 6.07) is 5.90. The molecule has 1 aliphatic rings. The van der Waals surface area contributed by atoms with E-state index in [1.54, 1.807) is 12.3 Å². The molecule has 1 atom stereocenters. The molecule has 0 spiro atoms. The van der Waals surface area contributed by atoms with Crippen LogP contribution >= 0.6 is 0 Å². The quantitative estimate of drug-likeness (QED) is 0.825. The Bertz CT molecular complexity index is 693. The number of nitrogens with one attached hydrogen (secondary N) is 1. The molecule has 1 aliphatic heterocycles. The first-order valence-corrected chi connectivity index (χ1v) is 9.51. The third kappa shape index (κ3) is 4.91. The molecule has 0 aliphatic carbocycles. The summed E-state index contributed by atoms with van der Waals surface area (Å²) in [4.78, 5) is 19.2. The summed E-state index contributed by atoms with van der Waals surface area (Å²) in [5.74, 6) is 0.549. The van der Waals surface area contributed by atoms with Gasteiger partial charge in [0.2, 0.25) is 5.76 Å². The van der Waals surface area contributed by atoms with Gasteiger partial charge in [0.15, 0.2) is 0 Å². The van der Waals surface area contributed by atoms with Crippen LogP contribution in [0.2, 0.25) is 0 Å². The first kappa shape index (κ1) is 18.6. The third-order valence-corrected chi connectivity index (χ3v) is 4.76. The number of nitrogens with zero attached hydrogens (tertiary/aromatic N) is 3. The van der Waals surface area contributed by atoms with Crippen molar-refractivity contribution in [3.8, 4) is 0 Å². The van der Waals surface area contributed by atoms with Crippen LogP contribution in [0.15, 0.2) is 35.1 Å². The van der Waals surface area contributed by atoms with E-state index in [1.807, 2.05) is 12.3 Å². The normalized spacial score (nSPS) is 16.6. The first-order chi connectivity index (χ1) is 12.6. The SMILES string of the molecule is CC(C)Cc1cc(C(=O)NC[C@@H](c2cccnc2)N2CCCCC2)on1. The van der Waals surface area contributed by atoms with Crippen LogP contribution in [-0.2, 0) is 6.42 Å². The maximum absolute atomic E-state index is 12.5. The molecule has 140 valence electrons. The van der Waals surface area contributed by atoms with E-state index in [0.717, 1.165) is 30.8 Å². The predicted octanol–water partition coefficient (Wildman–Crippen LogP) is 3.23. The van der Waals surface area contributed by atoms with Crippen LogP contribution in [0.5, 0.6) is 0 Å². The molecule has 0 aromatic carbocycles. The fourth-order valence-electron chi connectivity index (χ4n) is 3.47. The lowest BCUT2D eigenvalue weighted by atomic mass is 10.0. The van der Waals surface area contributed by atoms with E-state index in [9.17, 15) is 4.79 Å². The molecule has 6 heteroatoms. The number of aromatic nitrogens is 2. The summed E-state index contributed by atoms with van der Waals surface area (Å²) in [5, 5.41) is 7.02. The van der Waals surface area contributed by atoms with Crippen molar-refractivity contribution in [3.63, 3.8) is 0 Å². The number of amides is 1. The Kier molecular flexibility index (Phi) is 6.39. The van der Waals surface area contributed by atoms with Gasteiger partial charge in [-0.15, -0.1) is 0 Å². The molecule has 26 heavy (non-hydrogen) atoms. The minimum atomic E-state index is -0.210. The minimum absolute atomic E-state index is 0.131. The van der Waals surface area contributed by atoms with Crippen molar-refractivity contribution in [1.29, 1.82) is 0 Å². The molecule has 1 saturated heterocycles. The number of carbonyl (C=O) groups excluding carboxylic acids is 1. The van der Waals surface area contributed by atoms with Gasteiger partial charge in [-0.2, -0.15) is 0 Å². The largest absolute Gasteiger partial charge is 0.351 e. The van der Waals surface area contributed by atoms with E-state index in [-0.39, 0.29) is 17.7 Å². The molecule has 0 bridgehead atoms. The Hall–Kier alpha value is -2.21. The zero-order chi connectivity index (χ0) is 18.4. The molecule has 3 heterocycles. The second-order valence-corrected chi connectivity index (χ2v) is 7.39. The zero-order valence-corrected chi connectivity index (χ0v) is 15.6. The van der Waals surface area contributed by atoms with Gasteiger partial charge >= 0.3 is 0 Å². The lowest BCUT2D eigenvalue weighted by Gasteiger charge is -2.34. The number of rotatable bonds is 7. The van der Waals surface area contributed by atoms with Crippen LogP contribution in [0, 0.1) is 5.92 Å². The standard InChI is InChI=1S/C20H28N4O2/c1-15(2)11-17-12-19(26-23-17)20(25)22-14-18(16-7-6-8-21-13-16)24-9-4-3-5-10-24/h6-8,12-13,15,18H,3-5,9-11,14H2,1-2H3,(H,22,25)/t18-/m0/s1. The highest BCUT2D eigenvalue weighted by atomic mass is 16.5. The van der Waals surface area contributed by atoms with E-state index < -0.39 is 0 Å². The number of hydrogen-bond donors (Lipinski definition) is 1. The molecule has 0 saturated carbocycles. The van der Waals surface area contributed by atoms with Crippen molar-refractivity contribution in [2.45, 2.75) is 45.6 Å². The second-order valence-electron chi connectivity index (χ2n) is 7.39. The molecule has 0 radical (unpaired) electrons. The van der Waals surface area contributed by atoms with Gasteiger partial charge in [-0.05, 0) is 49.9 Å². The van der Waals surface area contributed by atoms with Gasteiger partial charge in [0.1, 0.15) is 0 Å². The highest BCUT2D eigenvalue weighted by Gasteiger charge is 2.24. The van der Waals surface area contributed by atoms with Crippen LogP contribution in [0.1, 0.15) is 61.0 Å². The van der Waals surface area contributed by atoms with E-state index >= 15 is 0 Å². The summed E-state index contributed by atoms with van der Waals surface area (Å²) in [6.07, 6.45) is 8.15. The number of hydrogen-bond acceptors (Lipinski definition) is 5. The molecule has 1 fully saturated rings. The van der Waals surface area contributed by atoms with Crippen molar-refractivity contribution in [2.75, 3.05) is 19.6 Å². The summed E-state index contributed by atoms with van der Waals surface area (Å²) in [6.45, 7) is 6.87. The maximum atomic E-state index is 12.5. The number of pyridine rings is 1. The van der Waals surface area contributed by atoms with Crippen molar-refractivity contribution < 1.29 is 9.32 Å². The Morgan fingerprint density at radius 3 is 2.81 bits per heavy atom. The Morgan fingerprint density at radius 2 is 2.12 bits per heavy atom. The topological polar surface area (TPSA) is 71.3 Å². The van der Waals surface area contributed by atoms with E-state index in [4.69, 9.17) is 4.52 Å². The molecular formula is C20H28N4O2. The smallest absolute Gasteiger partial charge is 0.289 e. The average molecular weight is 356 g/mol. The van der Waals surface area contributed by atoms with Crippen molar-refractivity contribution in [2.24, 2.45) is 5.92 Å². The van der Waals surface area contributed by atoms with Crippen LogP contribution in [0.25, 0.3) is 0 Å². The molecule has 1 N–H and O–H groups in total. The van der Waals surface area contributed by atoms with Crippen molar-refractivity contribution in [1.82, 2.24) is 20.4 Å². The molecular weight excluding hydrogens is 328 g/mol. The van der Waals surface area contributed by atoms with Crippen LogP contribution in [0.4, 0.5) is 0 Å². The Balaban J connectivity index is 1.65. The summed E-state index contributed by atoms with van der Waals surface area (Å²) in [5.41, 5.74) is 1.96. The van der Waals surface area contributed by atoms with E-state index in [2.05, 4.69) is 40.3 Å².